The number of carbonyl (C=O) groups is 2. The van der Waals surface area contributed by atoms with Crippen molar-refractivity contribution >= 4 is 12.0 Å². The molecule has 2 amide bonds. The summed E-state index contributed by atoms with van der Waals surface area (Å²) < 4.78 is 5.30. The number of hydrogen-bond acceptors (Lipinski definition) is 4. The molecule has 0 unspecified atom stereocenters. The summed E-state index contributed by atoms with van der Waals surface area (Å²) in [6.07, 6.45) is 1.05. The first kappa shape index (κ1) is 19.7. The van der Waals surface area contributed by atoms with Crippen molar-refractivity contribution in [1.82, 2.24) is 15.1 Å². The van der Waals surface area contributed by atoms with E-state index in [1.807, 2.05) is 39.5 Å². The Morgan fingerprint density at radius 3 is 2.35 bits per heavy atom. The van der Waals surface area contributed by atoms with E-state index in [0.29, 0.717) is 18.9 Å². The second-order valence-electron chi connectivity index (χ2n) is 7.81. The minimum absolute atomic E-state index is 0.000130. The molecule has 0 aromatic carbocycles. The standard InChI is InChI=1S/C17H33N3O3/c1-13(2)12-14(18-16(22)23-17(3,4)5)15(21)20-9-7-8-19(6)10-11-20/h13-14H,7-12H2,1-6H3,(H,18,22)/t14-/m0/s1. The molecule has 1 atom stereocenters. The average molecular weight is 327 g/mol. The van der Waals surface area contributed by atoms with Gasteiger partial charge in [-0.2, -0.15) is 0 Å². The molecule has 0 aliphatic carbocycles. The lowest BCUT2D eigenvalue weighted by atomic mass is 10.0. The molecule has 0 aromatic rings. The number of rotatable bonds is 4. The molecule has 134 valence electrons. The number of ether oxygens (including phenoxy) is 1. The number of amides is 2. The highest BCUT2D eigenvalue weighted by Crippen LogP contribution is 2.12. The molecule has 1 fully saturated rings. The summed E-state index contributed by atoms with van der Waals surface area (Å²) in [6.45, 7) is 12.9. The monoisotopic (exact) mass is 327 g/mol. The van der Waals surface area contributed by atoms with E-state index in [0.717, 1.165) is 26.1 Å². The first-order valence-corrected chi connectivity index (χ1v) is 8.55. The number of carbonyl (C=O) groups excluding carboxylic acids is 2. The molecular formula is C17H33N3O3. The van der Waals surface area contributed by atoms with Crippen LogP contribution in [0.3, 0.4) is 0 Å². The van der Waals surface area contributed by atoms with Gasteiger partial charge in [0.05, 0.1) is 0 Å². The first-order valence-electron chi connectivity index (χ1n) is 8.55. The number of alkyl carbamates (subject to hydrolysis) is 1. The zero-order chi connectivity index (χ0) is 17.6. The van der Waals surface area contributed by atoms with E-state index < -0.39 is 17.7 Å². The van der Waals surface area contributed by atoms with Crippen LogP contribution in [0.2, 0.25) is 0 Å². The van der Waals surface area contributed by atoms with Crippen LogP contribution in [0.4, 0.5) is 4.79 Å². The Morgan fingerprint density at radius 1 is 1.13 bits per heavy atom. The molecule has 0 bridgehead atoms. The smallest absolute Gasteiger partial charge is 0.408 e. The Morgan fingerprint density at radius 2 is 1.78 bits per heavy atom. The lowest BCUT2D eigenvalue weighted by Gasteiger charge is -2.29. The molecule has 1 rings (SSSR count). The summed E-state index contributed by atoms with van der Waals surface area (Å²) in [5.74, 6) is 0.313. The van der Waals surface area contributed by atoms with Gasteiger partial charge in [-0.3, -0.25) is 4.79 Å². The fraction of sp³-hybridized carbons (Fsp3) is 0.882. The molecule has 1 saturated heterocycles. The number of hydrogen-bond donors (Lipinski definition) is 1. The van der Waals surface area contributed by atoms with Gasteiger partial charge in [-0.25, -0.2) is 4.79 Å². The SMILES string of the molecule is CC(C)C[C@H](NC(=O)OC(C)(C)C)C(=O)N1CCCN(C)CC1. The molecule has 0 radical (unpaired) electrons. The summed E-state index contributed by atoms with van der Waals surface area (Å²) >= 11 is 0. The van der Waals surface area contributed by atoms with Crippen molar-refractivity contribution in [2.24, 2.45) is 5.92 Å². The highest BCUT2D eigenvalue weighted by Gasteiger charge is 2.29. The minimum Gasteiger partial charge on any atom is -0.444 e. The van der Waals surface area contributed by atoms with Gasteiger partial charge in [0.1, 0.15) is 11.6 Å². The second kappa shape index (κ2) is 8.52. The lowest BCUT2D eigenvalue weighted by molar-refractivity contribution is -0.133. The molecule has 1 aliphatic rings. The highest BCUT2D eigenvalue weighted by molar-refractivity contribution is 5.85. The summed E-state index contributed by atoms with van der Waals surface area (Å²) in [5, 5.41) is 2.77. The molecule has 0 saturated carbocycles. The third-order valence-electron chi connectivity index (χ3n) is 3.73. The molecule has 1 aliphatic heterocycles. The van der Waals surface area contributed by atoms with Crippen molar-refractivity contribution < 1.29 is 14.3 Å². The van der Waals surface area contributed by atoms with E-state index in [2.05, 4.69) is 17.3 Å². The highest BCUT2D eigenvalue weighted by atomic mass is 16.6. The van der Waals surface area contributed by atoms with E-state index in [9.17, 15) is 9.59 Å². The molecule has 6 nitrogen and oxygen atoms in total. The average Bonchev–Trinajstić information content (AvgIpc) is 2.59. The maximum absolute atomic E-state index is 12.8. The second-order valence-corrected chi connectivity index (χ2v) is 7.81. The van der Waals surface area contributed by atoms with Gasteiger partial charge in [0.2, 0.25) is 5.91 Å². The maximum atomic E-state index is 12.8. The van der Waals surface area contributed by atoms with Crippen LogP contribution in [0, 0.1) is 5.92 Å². The van der Waals surface area contributed by atoms with Crippen LogP contribution >= 0.6 is 0 Å². The van der Waals surface area contributed by atoms with E-state index in [-0.39, 0.29) is 5.91 Å². The van der Waals surface area contributed by atoms with Gasteiger partial charge in [-0.05, 0) is 53.1 Å². The predicted molar refractivity (Wildman–Crippen MR) is 91.3 cm³/mol. The molecule has 1 N–H and O–H groups in total. The van der Waals surface area contributed by atoms with E-state index >= 15 is 0 Å². The molecule has 23 heavy (non-hydrogen) atoms. The summed E-state index contributed by atoms with van der Waals surface area (Å²) in [4.78, 5) is 29.0. The number of nitrogens with one attached hydrogen (secondary N) is 1. The van der Waals surface area contributed by atoms with Crippen molar-refractivity contribution in [3.63, 3.8) is 0 Å². The van der Waals surface area contributed by atoms with Gasteiger partial charge in [-0.15, -0.1) is 0 Å². The number of likely N-dealkylation sites (N-methyl/N-ethyl adjacent to an activating group) is 1. The fourth-order valence-corrected chi connectivity index (χ4v) is 2.63. The summed E-state index contributed by atoms with van der Waals surface area (Å²) in [7, 11) is 2.07. The van der Waals surface area contributed by atoms with Crippen LogP contribution in [-0.4, -0.2) is 66.7 Å². The van der Waals surface area contributed by atoms with E-state index in [1.54, 1.807) is 0 Å². The van der Waals surface area contributed by atoms with Crippen molar-refractivity contribution in [2.45, 2.75) is 59.1 Å². The molecule has 6 heteroatoms. The van der Waals surface area contributed by atoms with E-state index in [1.165, 1.54) is 0 Å². The zero-order valence-electron chi connectivity index (χ0n) is 15.5. The van der Waals surface area contributed by atoms with Gasteiger partial charge in [0, 0.05) is 19.6 Å². The van der Waals surface area contributed by atoms with Gasteiger partial charge >= 0.3 is 6.09 Å². The molecule has 0 aromatic heterocycles. The van der Waals surface area contributed by atoms with Crippen LogP contribution in [0.15, 0.2) is 0 Å². The molecule has 1 heterocycles. The van der Waals surface area contributed by atoms with Crippen LogP contribution in [0.5, 0.6) is 0 Å². The summed E-state index contributed by atoms with van der Waals surface area (Å²) in [5.41, 5.74) is -0.569. The topological polar surface area (TPSA) is 61.9 Å². The normalized spacial score (nSPS) is 18.5. The Balaban J connectivity index is 2.71. The van der Waals surface area contributed by atoms with Crippen LogP contribution < -0.4 is 5.32 Å². The third-order valence-corrected chi connectivity index (χ3v) is 3.73. The lowest BCUT2D eigenvalue weighted by Crippen LogP contribution is -2.51. The number of nitrogens with zero attached hydrogens (tertiary/aromatic N) is 2. The van der Waals surface area contributed by atoms with E-state index in [4.69, 9.17) is 4.74 Å². The van der Waals surface area contributed by atoms with Crippen LogP contribution in [0.25, 0.3) is 0 Å². The quantitative estimate of drug-likeness (QED) is 0.859. The van der Waals surface area contributed by atoms with Gasteiger partial charge in [-0.1, -0.05) is 13.8 Å². The zero-order valence-corrected chi connectivity index (χ0v) is 15.5. The Kier molecular flexibility index (Phi) is 7.32. The van der Waals surface area contributed by atoms with Crippen molar-refractivity contribution in [1.29, 1.82) is 0 Å². The largest absolute Gasteiger partial charge is 0.444 e. The Bertz CT molecular complexity index is 404. The van der Waals surface area contributed by atoms with Crippen molar-refractivity contribution in [3.8, 4) is 0 Å². The molecule has 0 spiro atoms. The summed E-state index contributed by atoms with van der Waals surface area (Å²) in [6, 6.07) is -0.520. The predicted octanol–water partition coefficient (Wildman–Crippen LogP) is 2.09. The van der Waals surface area contributed by atoms with Crippen molar-refractivity contribution in [3.05, 3.63) is 0 Å². The third kappa shape index (κ3) is 7.68. The first-order chi connectivity index (χ1) is 10.6. The maximum Gasteiger partial charge on any atom is 0.408 e. The van der Waals surface area contributed by atoms with Crippen molar-refractivity contribution in [2.75, 3.05) is 33.2 Å². The minimum atomic E-state index is -0.569. The van der Waals surface area contributed by atoms with Gasteiger partial charge in [0.15, 0.2) is 0 Å². The molecular weight excluding hydrogens is 294 g/mol. The van der Waals surface area contributed by atoms with Gasteiger partial charge in [0.25, 0.3) is 0 Å². The Hall–Kier alpha value is -1.30. The van der Waals surface area contributed by atoms with Crippen LogP contribution in [0.1, 0.15) is 47.5 Å². The fourth-order valence-electron chi connectivity index (χ4n) is 2.63. The Labute approximate surface area is 140 Å². The van der Waals surface area contributed by atoms with Gasteiger partial charge < -0.3 is 19.9 Å². The van der Waals surface area contributed by atoms with Crippen LogP contribution in [-0.2, 0) is 9.53 Å².